The maximum absolute atomic E-state index is 6.06. The lowest BCUT2D eigenvalue weighted by Gasteiger charge is -2.24. The summed E-state index contributed by atoms with van der Waals surface area (Å²) in [7, 11) is 0. The lowest BCUT2D eigenvalue weighted by atomic mass is 10.2. The molecule has 0 radical (unpaired) electrons. The van der Waals surface area contributed by atoms with Crippen molar-refractivity contribution in [2.45, 2.75) is 0 Å². The molecule has 0 saturated heterocycles. The largest absolute Gasteiger partial charge is 0.449 e. The first-order chi connectivity index (χ1) is 9.40. The van der Waals surface area contributed by atoms with Gasteiger partial charge in [-0.3, -0.25) is 0 Å². The highest BCUT2D eigenvalue weighted by molar-refractivity contribution is 9.11. The van der Waals surface area contributed by atoms with E-state index in [0.717, 1.165) is 0 Å². The maximum Gasteiger partial charge on any atom is 0.185 e. The van der Waals surface area contributed by atoms with Gasteiger partial charge in [0.05, 0.1) is 29.0 Å². The van der Waals surface area contributed by atoms with Gasteiger partial charge in [-0.25, -0.2) is 0 Å². The number of ether oxygens (including phenoxy) is 2. The molecule has 1 aliphatic heterocycles. The summed E-state index contributed by atoms with van der Waals surface area (Å²) in [5.74, 6) is 1.71. The zero-order valence-electron chi connectivity index (χ0n) is 9.24. The molecule has 1 heterocycles. The molecule has 8 heteroatoms. The highest BCUT2D eigenvalue weighted by Crippen LogP contribution is 2.56. The Bertz CT molecular complexity index is 688. The van der Waals surface area contributed by atoms with Crippen LogP contribution in [0.5, 0.6) is 23.0 Å². The third kappa shape index (κ3) is 2.31. The van der Waals surface area contributed by atoms with Crippen LogP contribution in [-0.4, -0.2) is 0 Å². The summed E-state index contributed by atoms with van der Waals surface area (Å²) in [5, 5.41) is 1.38. The summed E-state index contributed by atoms with van der Waals surface area (Å²) in [5.41, 5.74) is 0. The molecule has 0 aliphatic carbocycles. The number of fused-ring (bicyclic) bond motifs is 2. The Hall–Kier alpha value is 0.160. The van der Waals surface area contributed by atoms with Gasteiger partial charge in [-0.05, 0) is 31.9 Å². The summed E-state index contributed by atoms with van der Waals surface area (Å²) < 4.78 is 12.6. The van der Waals surface area contributed by atoms with Crippen molar-refractivity contribution in [3.8, 4) is 23.0 Å². The van der Waals surface area contributed by atoms with E-state index in [1.54, 1.807) is 12.1 Å². The van der Waals surface area contributed by atoms with Crippen molar-refractivity contribution in [2.75, 3.05) is 0 Å². The smallest absolute Gasteiger partial charge is 0.185 e. The third-order valence-corrected chi connectivity index (χ3v) is 6.14. The SMILES string of the molecule is Clc1cc2c(c(Br)c1Cl)Oc1c(cc(Cl)c(Cl)c1Br)O2. The molecule has 0 spiro atoms. The van der Waals surface area contributed by atoms with Crippen molar-refractivity contribution in [3.63, 3.8) is 0 Å². The van der Waals surface area contributed by atoms with E-state index in [1.165, 1.54) is 0 Å². The van der Waals surface area contributed by atoms with Crippen molar-refractivity contribution in [3.05, 3.63) is 41.2 Å². The van der Waals surface area contributed by atoms with Crippen LogP contribution < -0.4 is 9.47 Å². The number of hydrogen-bond donors (Lipinski definition) is 0. The summed E-state index contributed by atoms with van der Waals surface area (Å²) in [6.45, 7) is 0. The van der Waals surface area contributed by atoms with E-state index in [0.29, 0.717) is 52.0 Å². The van der Waals surface area contributed by atoms with E-state index in [4.69, 9.17) is 55.9 Å². The third-order valence-electron chi connectivity index (χ3n) is 2.59. The molecule has 0 N–H and O–H groups in total. The van der Waals surface area contributed by atoms with Gasteiger partial charge in [0.25, 0.3) is 0 Å². The fourth-order valence-electron chi connectivity index (χ4n) is 1.68. The van der Waals surface area contributed by atoms with Crippen molar-refractivity contribution in [1.29, 1.82) is 0 Å². The molecule has 104 valence electrons. The summed E-state index contributed by atoms with van der Waals surface area (Å²) in [4.78, 5) is 0. The predicted molar refractivity (Wildman–Crippen MR) is 88.5 cm³/mol. The molecule has 2 aromatic rings. The summed E-state index contributed by atoms with van der Waals surface area (Å²) in [6.07, 6.45) is 0. The van der Waals surface area contributed by atoms with Crippen LogP contribution in [0.3, 0.4) is 0 Å². The topological polar surface area (TPSA) is 18.5 Å². The molecule has 0 unspecified atom stereocenters. The van der Waals surface area contributed by atoms with Crippen LogP contribution in [-0.2, 0) is 0 Å². The zero-order chi connectivity index (χ0) is 14.6. The van der Waals surface area contributed by atoms with E-state index in [-0.39, 0.29) is 0 Å². The first kappa shape index (κ1) is 15.1. The van der Waals surface area contributed by atoms with E-state index in [1.807, 2.05) is 0 Å². The Morgan fingerprint density at radius 3 is 1.50 bits per heavy atom. The average molecular weight is 480 g/mol. The van der Waals surface area contributed by atoms with Gasteiger partial charge in [0.2, 0.25) is 0 Å². The van der Waals surface area contributed by atoms with Crippen LogP contribution in [0.4, 0.5) is 0 Å². The predicted octanol–water partition coefficient (Wildman–Crippen LogP) is 7.72. The quantitative estimate of drug-likeness (QED) is 0.307. The van der Waals surface area contributed by atoms with Crippen molar-refractivity contribution in [2.24, 2.45) is 0 Å². The van der Waals surface area contributed by atoms with Crippen LogP contribution in [0.1, 0.15) is 0 Å². The van der Waals surface area contributed by atoms with E-state index in [9.17, 15) is 0 Å². The van der Waals surface area contributed by atoms with Crippen LogP contribution >= 0.6 is 78.3 Å². The molecule has 0 saturated carbocycles. The Balaban J connectivity index is 2.22. The molecule has 3 rings (SSSR count). The second kappa shape index (κ2) is 5.41. The Labute approximate surface area is 151 Å². The maximum atomic E-state index is 6.06. The Morgan fingerprint density at radius 2 is 1.10 bits per heavy atom. The molecule has 1 aliphatic rings. The normalized spacial score (nSPS) is 12.3. The standard InChI is InChI=1S/C12H2Br2Cl4O2/c13-7-9(17)3(15)1-5-11(7)20-12-6(19-5)2-4(16)10(18)8(12)14/h1-2H. The Morgan fingerprint density at radius 1 is 0.700 bits per heavy atom. The second-order valence-electron chi connectivity index (χ2n) is 3.83. The fraction of sp³-hybridized carbons (Fsp3) is 0. The van der Waals surface area contributed by atoms with E-state index >= 15 is 0 Å². The first-order valence-electron chi connectivity index (χ1n) is 5.11. The average Bonchev–Trinajstić information content (AvgIpc) is 2.41. The van der Waals surface area contributed by atoms with Crippen LogP contribution in [0.2, 0.25) is 20.1 Å². The molecule has 2 nitrogen and oxygen atoms in total. The van der Waals surface area contributed by atoms with Gasteiger partial charge in [-0.2, -0.15) is 0 Å². The summed E-state index contributed by atoms with van der Waals surface area (Å²) >= 11 is 30.8. The first-order valence-corrected chi connectivity index (χ1v) is 8.20. The lowest BCUT2D eigenvalue weighted by molar-refractivity contribution is 0.356. The van der Waals surface area contributed by atoms with Gasteiger partial charge in [0.1, 0.15) is 0 Å². The van der Waals surface area contributed by atoms with Gasteiger partial charge in [0.15, 0.2) is 23.0 Å². The summed E-state index contributed by atoms with van der Waals surface area (Å²) in [6, 6.07) is 3.15. The highest BCUT2D eigenvalue weighted by atomic mass is 79.9. The minimum Gasteiger partial charge on any atom is -0.449 e. The van der Waals surface area contributed by atoms with Crippen LogP contribution in [0.15, 0.2) is 21.1 Å². The van der Waals surface area contributed by atoms with Gasteiger partial charge in [0, 0.05) is 12.1 Å². The van der Waals surface area contributed by atoms with E-state index in [2.05, 4.69) is 31.9 Å². The van der Waals surface area contributed by atoms with Crippen LogP contribution in [0.25, 0.3) is 0 Å². The fourth-order valence-corrected chi connectivity index (χ4v) is 3.55. The second-order valence-corrected chi connectivity index (χ2v) is 6.99. The Kier molecular flexibility index (Phi) is 4.08. The van der Waals surface area contributed by atoms with Gasteiger partial charge in [-0.15, -0.1) is 0 Å². The number of halogens is 6. The van der Waals surface area contributed by atoms with Crippen molar-refractivity contribution in [1.82, 2.24) is 0 Å². The highest BCUT2D eigenvalue weighted by Gasteiger charge is 2.28. The number of benzene rings is 2. The van der Waals surface area contributed by atoms with Gasteiger partial charge < -0.3 is 9.47 Å². The molecule has 2 aromatic carbocycles. The minimum absolute atomic E-state index is 0.341. The van der Waals surface area contributed by atoms with Crippen molar-refractivity contribution >= 4 is 78.3 Å². The minimum atomic E-state index is 0.341. The number of rotatable bonds is 0. The lowest BCUT2D eigenvalue weighted by Crippen LogP contribution is -2.01. The zero-order valence-corrected chi connectivity index (χ0v) is 15.4. The monoisotopic (exact) mass is 476 g/mol. The van der Waals surface area contributed by atoms with Gasteiger partial charge >= 0.3 is 0 Å². The molecule has 0 fully saturated rings. The number of hydrogen-bond acceptors (Lipinski definition) is 2. The molecule has 0 amide bonds. The molecular weight excluding hydrogens is 478 g/mol. The molecule has 20 heavy (non-hydrogen) atoms. The molecule has 0 bridgehead atoms. The van der Waals surface area contributed by atoms with E-state index < -0.39 is 0 Å². The van der Waals surface area contributed by atoms with Crippen LogP contribution in [0, 0.1) is 0 Å². The van der Waals surface area contributed by atoms with Crippen molar-refractivity contribution < 1.29 is 9.47 Å². The molecule has 0 aromatic heterocycles. The molecular formula is C12H2Br2Cl4O2. The molecule has 0 atom stereocenters. The van der Waals surface area contributed by atoms with Gasteiger partial charge in [-0.1, -0.05) is 46.4 Å².